The predicted molar refractivity (Wildman–Crippen MR) is 108 cm³/mol. The Morgan fingerprint density at radius 3 is 2.00 bits per heavy atom. The van der Waals surface area contributed by atoms with E-state index in [1.165, 1.54) is 54.4 Å². The molecule has 1 fully saturated rings. The van der Waals surface area contributed by atoms with Gasteiger partial charge in [-0.25, -0.2) is 0 Å². The van der Waals surface area contributed by atoms with Crippen LogP contribution in [-0.2, 0) is 15.9 Å². The number of benzene rings is 2. The van der Waals surface area contributed by atoms with Gasteiger partial charge in [-0.3, -0.25) is 0 Å². The van der Waals surface area contributed by atoms with E-state index in [4.69, 9.17) is 9.47 Å². The van der Waals surface area contributed by atoms with Crippen molar-refractivity contribution in [1.82, 2.24) is 0 Å². The molecular weight excluding hydrogens is 320 g/mol. The highest BCUT2D eigenvalue weighted by Gasteiger charge is 2.23. The number of unbranched alkanes of at least 4 members (excludes halogenated alkanes) is 2. The fraction of sp³-hybridized carbons (Fsp3) is 0.500. The first-order chi connectivity index (χ1) is 12.8. The zero-order valence-electron chi connectivity index (χ0n) is 16.2. The summed E-state index contributed by atoms with van der Waals surface area (Å²) < 4.78 is 12.0. The van der Waals surface area contributed by atoms with E-state index >= 15 is 0 Å². The second kappa shape index (κ2) is 9.89. The van der Waals surface area contributed by atoms with Crippen molar-refractivity contribution in [2.75, 3.05) is 13.2 Å². The van der Waals surface area contributed by atoms with Gasteiger partial charge in [0.05, 0.1) is 19.3 Å². The van der Waals surface area contributed by atoms with Crippen LogP contribution >= 0.6 is 0 Å². The van der Waals surface area contributed by atoms with Crippen LogP contribution in [0.5, 0.6) is 0 Å². The van der Waals surface area contributed by atoms with Crippen LogP contribution in [0.4, 0.5) is 0 Å². The smallest absolute Gasteiger partial charge is 0.106 e. The van der Waals surface area contributed by atoms with E-state index in [1.54, 1.807) is 0 Å². The maximum absolute atomic E-state index is 6.05. The van der Waals surface area contributed by atoms with Crippen molar-refractivity contribution in [3.63, 3.8) is 0 Å². The summed E-state index contributed by atoms with van der Waals surface area (Å²) in [7, 11) is 0. The third-order valence-corrected chi connectivity index (χ3v) is 5.23. The molecule has 26 heavy (non-hydrogen) atoms. The number of aryl methyl sites for hydroxylation is 1. The fourth-order valence-electron chi connectivity index (χ4n) is 3.47. The molecule has 0 saturated carbocycles. The summed E-state index contributed by atoms with van der Waals surface area (Å²) in [6.45, 7) is 5.83. The van der Waals surface area contributed by atoms with E-state index in [1.807, 2.05) is 0 Å². The Balaban J connectivity index is 1.57. The van der Waals surface area contributed by atoms with Crippen molar-refractivity contribution >= 4 is 0 Å². The molecule has 2 aromatic rings. The largest absolute Gasteiger partial charge is 0.373 e. The Morgan fingerprint density at radius 2 is 1.42 bits per heavy atom. The summed E-state index contributed by atoms with van der Waals surface area (Å²) in [6, 6.07) is 17.7. The Morgan fingerprint density at radius 1 is 0.769 bits per heavy atom. The molecule has 0 N–H and O–H groups in total. The quantitative estimate of drug-likeness (QED) is 0.551. The van der Waals surface area contributed by atoms with Gasteiger partial charge in [0, 0.05) is 0 Å². The maximum atomic E-state index is 6.05. The van der Waals surface area contributed by atoms with Gasteiger partial charge in [-0.1, -0.05) is 81.6 Å². The Labute approximate surface area is 158 Å². The summed E-state index contributed by atoms with van der Waals surface area (Å²) in [5, 5.41) is 0. The van der Waals surface area contributed by atoms with Gasteiger partial charge in [0.25, 0.3) is 0 Å². The second-order valence-corrected chi connectivity index (χ2v) is 7.34. The fourth-order valence-corrected chi connectivity index (χ4v) is 3.47. The van der Waals surface area contributed by atoms with E-state index in [-0.39, 0.29) is 12.2 Å². The molecule has 0 aliphatic carbocycles. The van der Waals surface area contributed by atoms with Crippen LogP contribution in [0.1, 0.15) is 63.2 Å². The molecule has 2 atom stereocenters. The lowest BCUT2D eigenvalue weighted by molar-refractivity contribution is -0.137. The number of ether oxygens (including phenoxy) is 2. The summed E-state index contributed by atoms with van der Waals surface area (Å²) in [6.07, 6.45) is 7.56. The van der Waals surface area contributed by atoms with Crippen LogP contribution in [-0.4, -0.2) is 19.3 Å². The van der Waals surface area contributed by atoms with Crippen LogP contribution < -0.4 is 0 Å². The summed E-state index contributed by atoms with van der Waals surface area (Å²) in [4.78, 5) is 0. The third-order valence-electron chi connectivity index (χ3n) is 5.23. The number of rotatable bonds is 8. The molecule has 2 aromatic carbocycles. The van der Waals surface area contributed by atoms with E-state index < -0.39 is 0 Å². The normalized spacial score (nSPS) is 20.2. The average molecular weight is 353 g/mol. The molecule has 3 rings (SSSR count). The summed E-state index contributed by atoms with van der Waals surface area (Å²) in [5.74, 6) is 0. The lowest BCUT2D eigenvalue weighted by atomic mass is 9.99. The molecule has 0 spiro atoms. The minimum absolute atomic E-state index is 0.0679. The highest BCUT2D eigenvalue weighted by Crippen LogP contribution is 2.27. The van der Waals surface area contributed by atoms with Crippen molar-refractivity contribution < 1.29 is 9.47 Å². The molecule has 1 heterocycles. The van der Waals surface area contributed by atoms with Gasteiger partial charge in [-0.15, -0.1) is 0 Å². The first-order valence-corrected chi connectivity index (χ1v) is 10.2. The molecule has 0 unspecified atom stereocenters. The van der Waals surface area contributed by atoms with E-state index in [9.17, 15) is 0 Å². The predicted octanol–water partition coefficient (Wildman–Crippen LogP) is 6.34. The van der Waals surface area contributed by atoms with Crippen molar-refractivity contribution in [3.05, 3.63) is 59.7 Å². The molecule has 2 heteroatoms. The van der Waals surface area contributed by atoms with Crippen LogP contribution in [0, 0.1) is 0 Å². The maximum Gasteiger partial charge on any atom is 0.106 e. The van der Waals surface area contributed by atoms with Crippen LogP contribution in [0.3, 0.4) is 0 Å². The first-order valence-electron chi connectivity index (χ1n) is 10.2. The Bertz CT molecular complexity index is 637. The molecule has 0 amide bonds. The average Bonchev–Trinajstić information content (AvgIpc) is 2.72. The van der Waals surface area contributed by atoms with Crippen molar-refractivity contribution in [2.45, 2.75) is 64.6 Å². The van der Waals surface area contributed by atoms with Crippen molar-refractivity contribution in [1.29, 1.82) is 0 Å². The van der Waals surface area contributed by atoms with E-state index in [0.717, 1.165) is 6.42 Å². The van der Waals surface area contributed by atoms with Gasteiger partial charge >= 0.3 is 0 Å². The van der Waals surface area contributed by atoms with Gasteiger partial charge in [-0.2, -0.15) is 0 Å². The van der Waals surface area contributed by atoms with Crippen LogP contribution in [0.25, 0.3) is 11.1 Å². The Kier molecular flexibility index (Phi) is 7.28. The molecule has 0 bridgehead atoms. The summed E-state index contributed by atoms with van der Waals surface area (Å²) >= 11 is 0. The molecule has 0 aromatic heterocycles. The zero-order chi connectivity index (χ0) is 18.2. The lowest BCUT2D eigenvalue weighted by Crippen LogP contribution is -2.31. The SMILES string of the molecule is CCCCc1ccc(-c2ccc([C@H]3CO[C@H](CCCC)CO3)cc2)cc1. The van der Waals surface area contributed by atoms with Gasteiger partial charge in [0.1, 0.15) is 6.10 Å². The van der Waals surface area contributed by atoms with Gasteiger partial charge in [0.2, 0.25) is 0 Å². The van der Waals surface area contributed by atoms with Crippen LogP contribution in [0.15, 0.2) is 48.5 Å². The molecule has 1 saturated heterocycles. The van der Waals surface area contributed by atoms with Gasteiger partial charge in [-0.05, 0) is 41.5 Å². The number of hydrogen-bond donors (Lipinski definition) is 0. The van der Waals surface area contributed by atoms with E-state index in [0.29, 0.717) is 13.2 Å². The first kappa shape index (κ1) is 19.1. The highest BCUT2D eigenvalue weighted by atomic mass is 16.6. The molecular formula is C24H32O2. The van der Waals surface area contributed by atoms with E-state index in [2.05, 4.69) is 62.4 Å². The van der Waals surface area contributed by atoms with Crippen molar-refractivity contribution in [3.8, 4) is 11.1 Å². The number of hydrogen-bond acceptors (Lipinski definition) is 2. The minimum Gasteiger partial charge on any atom is -0.373 e. The van der Waals surface area contributed by atoms with Crippen LogP contribution in [0.2, 0.25) is 0 Å². The molecule has 0 radical (unpaired) electrons. The highest BCUT2D eigenvalue weighted by molar-refractivity contribution is 5.64. The minimum atomic E-state index is 0.0679. The molecule has 1 aliphatic heterocycles. The monoisotopic (exact) mass is 352 g/mol. The second-order valence-electron chi connectivity index (χ2n) is 7.34. The topological polar surface area (TPSA) is 18.5 Å². The summed E-state index contributed by atoms with van der Waals surface area (Å²) in [5.41, 5.74) is 5.17. The van der Waals surface area contributed by atoms with Gasteiger partial charge < -0.3 is 9.47 Å². The third kappa shape index (κ3) is 5.18. The Hall–Kier alpha value is -1.64. The van der Waals surface area contributed by atoms with Crippen molar-refractivity contribution in [2.24, 2.45) is 0 Å². The lowest BCUT2D eigenvalue weighted by Gasteiger charge is -2.30. The zero-order valence-corrected chi connectivity index (χ0v) is 16.2. The molecule has 2 nitrogen and oxygen atoms in total. The molecule has 1 aliphatic rings. The molecule has 140 valence electrons. The standard InChI is InChI=1S/C24H32O2/c1-3-5-7-19-9-11-20(12-10-19)21-13-15-22(16-14-21)24-18-25-23(17-26-24)8-6-4-2/h9-16,23-24H,3-8,17-18H2,1-2H3/t23-,24-/m1/s1. The van der Waals surface area contributed by atoms with Gasteiger partial charge in [0.15, 0.2) is 0 Å².